The highest BCUT2D eigenvalue weighted by atomic mass is 32.2. The molecule has 0 spiro atoms. The number of morpholine rings is 1. The predicted molar refractivity (Wildman–Crippen MR) is 114 cm³/mol. The highest BCUT2D eigenvalue weighted by Gasteiger charge is 2.28. The van der Waals surface area contributed by atoms with Crippen molar-refractivity contribution in [2.75, 3.05) is 52.3 Å². The highest BCUT2D eigenvalue weighted by Crippen LogP contribution is 2.29. The number of ether oxygens (including phenoxy) is 1. The van der Waals surface area contributed by atoms with Gasteiger partial charge in [0.25, 0.3) is 5.91 Å². The number of amides is 1. The van der Waals surface area contributed by atoms with Gasteiger partial charge in [-0.15, -0.1) is 0 Å². The minimum atomic E-state index is -3.62. The van der Waals surface area contributed by atoms with E-state index >= 15 is 0 Å². The molecule has 0 unspecified atom stereocenters. The molecule has 1 aliphatic carbocycles. The lowest BCUT2D eigenvalue weighted by Crippen LogP contribution is -2.40. The van der Waals surface area contributed by atoms with Crippen LogP contribution in [0.4, 0.5) is 5.69 Å². The second kappa shape index (κ2) is 9.45. The molecule has 1 heterocycles. The Labute approximate surface area is 174 Å². The van der Waals surface area contributed by atoms with Gasteiger partial charge in [0, 0.05) is 46.0 Å². The summed E-state index contributed by atoms with van der Waals surface area (Å²) in [5, 5.41) is 0. The Morgan fingerprint density at radius 3 is 2.24 bits per heavy atom. The SMILES string of the molecule is CN(C(=O)c1cc(S(=O)(=O)N(C)C)ccc1N1CCOCC1)C1CCCCCC1. The van der Waals surface area contributed by atoms with Gasteiger partial charge in [-0.25, -0.2) is 12.7 Å². The normalized spacial score (nSPS) is 19.2. The van der Waals surface area contributed by atoms with Crippen molar-refractivity contribution < 1.29 is 17.9 Å². The van der Waals surface area contributed by atoms with E-state index in [9.17, 15) is 13.2 Å². The van der Waals surface area contributed by atoms with Crippen molar-refractivity contribution in [3.05, 3.63) is 23.8 Å². The molecule has 1 amide bonds. The molecule has 1 saturated carbocycles. The molecule has 1 aromatic rings. The summed E-state index contributed by atoms with van der Waals surface area (Å²) in [5.41, 5.74) is 1.25. The molecule has 1 aliphatic heterocycles. The first kappa shape index (κ1) is 22.1. The van der Waals surface area contributed by atoms with Gasteiger partial charge in [-0.05, 0) is 31.0 Å². The Bertz CT molecular complexity index is 811. The first-order chi connectivity index (χ1) is 13.8. The van der Waals surface area contributed by atoms with Crippen molar-refractivity contribution >= 4 is 21.6 Å². The third-order valence-corrected chi connectivity index (χ3v) is 7.83. The molecule has 7 nitrogen and oxygen atoms in total. The van der Waals surface area contributed by atoms with Crippen LogP contribution < -0.4 is 4.90 Å². The number of hydrogen-bond donors (Lipinski definition) is 0. The molecule has 2 fully saturated rings. The second-order valence-electron chi connectivity index (χ2n) is 8.13. The van der Waals surface area contributed by atoms with E-state index < -0.39 is 10.0 Å². The quantitative estimate of drug-likeness (QED) is 0.681. The van der Waals surface area contributed by atoms with Gasteiger partial charge in [-0.3, -0.25) is 4.79 Å². The number of nitrogens with zero attached hydrogens (tertiary/aromatic N) is 3. The van der Waals surface area contributed by atoms with Crippen LogP contribution in [0, 0.1) is 0 Å². The predicted octanol–water partition coefficient (Wildman–Crippen LogP) is 2.57. The molecular weight excluding hydrogens is 390 g/mol. The number of carbonyl (C=O) groups is 1. The van der Waals surface area contributed by atoms with Gasteiger partial charge < -0.3 is 14.5 Å². The number of benzene rings is 1. The first-order valence-electron chi connectivity index (χ1n) is 10.5. The molecule has 3 rings (SSSR count). The molecule has 0 aromatic heterocycles. The van der Waals surface area contributed by atoms with Gasteiger partial charge in [0.1, 0.15) is 0 Å². The van der Waals surface area contributed by atoms with Crippen molar-refractivity contribution in [2.24, 2.45) is 0 Å². The number of carbonyl (C=O) groups excluding carboxylic acids is 1. The molecule has 0 radical (unpaired) electrons. The Balaban J connectivity index is 1.98. The van der Waals surface area contributed by atoms with Gasteiger partial charge in [0.15, 0.2) is 0 Å². The third-order valence-electron chi connectivity index (χ3n) is 6.02. The zero-order chi connectivity index (χ0) is 21.0. The second-order valence-corrected chi connectivity index (χ2v) is 10.3. The first-order valence-corrected chi connectivity index (χ1v) is 11.9. The van der Waals surface area contributed by atoms with Crippen LogP contribution in [-0.4, -0.2) is 77.0 Å². The number of anilines is 1. The van der Waals surface area contributed by atoms with E-state index in [0.29, 0.717) is 31.9 Å². The fraction of sp³-hybridized carbons (Fsp3) is 0.667. The monoisotopic (exact) mass is 423 g/mol. The summed E-state index contributed by atoms with van der Waals surface area (Å²) in [6, 6.07) is 5.13. The molecule has 1 aromatic carbocycles. The lowest BCUT2D eigenvalue weighted by Gasteiger charge is -2.33. The van der Waals surface area contributed by atoms with Crippen molar-refractivity contribution in [1.82, 2.24) is 9.21 Å². The van der Waals surface area contributed by atoms with E-state index in [1.165, 1.54) is 31.2 Å². The Kier molecular flexibility index (Phi) is 7.19. The molecule has 1 saturated heterocycles. The Morgan fingerprint density at radius 2 is 1.66 bits per heavy atom. The fourth-order valence-electron chi connectivity index (χ4n) is 4.14. The van der Waals surface area contributed by atoms with Crippen LogP contribution >= 0.6 is 0 Å². The van der Waals surface area contributed by atoms with Crippen molar-refractivity contribution in [1.29, 1.82) is 0 Å². The Hall–Kier alpha value is -1.64. The Morgan fingerprint density at radius 1 is 1.03 bits per heavy atom. The van der Waals surface area contributed by atoms with Crippen LogP contribution in [0.5, 0.6) is 0 Å². The number of sulfonamides is 1. The van der Waals surface area contributed by atoms with E-state index in [-0.39, 0.29) is 16.8 Å². The molecular formula is C21H33N3O4S. The summed E-state index contributed by atoms with van der Waals surface area (Å²) in [5.74, 6) is -0.103. The summed E-state index contributed by atoms with van der Waals surface area (Å²) < 4.78 is 32.0. The summed E-state index contributed by atoms with van der Waals surface area (Å²) in [4.78, 5) is 17.6. The highest BCUT2D eigenvalue weighted by molar-refractivity contribution is 7.89. The van der Waals surface area contributed by atoms with Gasteiger partial charge in [0.05, 0.1) is 23.7 Å². The maximum absolute atomic E-state index is 13.5. The summed E-state index contributed by atoms with van der Waals surface area (Å²) in [6.07, 6.45) is 6.71. The van der Waals surface area contributed by atoms with Gasteiger partial charge >= 0.3 is 0 Å². The van der Waals surface area contributed by atoms with E-state index in [4.69, 9.17) is 4.74 Å². The average molecular weight is 424 g/mol. The molecule has 0 atom stereocenters. The van der Waals surface area contributed by atoms with Gasteiger partial charge in [0.2, 0.25) is 10.0 Å². The zero-order valence-electron chi connectivity index (χ0n) is 17.8. The standard InChI is InChI=1S/C21H33N3O4S/c1-22(2)29(26,27)18-10-11-20(24-12-14-28-15-13-24)19(16-18)21(25)23(3)17-8-6-4-5-7-9-17/h10-11,16-17H,4-9,12-15H2,1-3H3. The summed E-state index contributed by atoms with van der Waals surface area (Å²) in [7, 11) is 1.25. The maximum Gasteiger partial charge on any atom is 0.255 e. The smallest absolute Gasteiger partial charge is 0.255 e. The zero-order valence-corrected chi connectivity index (χ0v) is 18.6. The fourth-order valence-corrected chi connectivity index (χ4v) is 5.07. The summed E-state index contributed by atoms with van der Waals surface area (Å²) in [6.45, 7) is 2.58. The van der Waals surface area contributed by atoms with Crippen molar-refractivity contribution in [3.8, 4) is 0 Å². The number of rotatable bonds is 5. The summed E-state index contributed by atoms with van der Waals surface area (Å²) >= 11 is 0. The van der Waals surface area contributed by atoms with E-state index in [1.54, 1.807) is 18.2 Å². The molecule has 2 aliphatic rings. The van der Waals surface area contributed by atoms with Crippen LogP contribution in [0.25, 0.3) is 0 Å². The number of hydrogen-bond acceptors (Lipinski definition) is 5. The topological polar surface area (TPSA) is 70.2 Å². The van der Waals surface area contributed by atoms with E-state index in [2.05, 4.69) is 4.90 Å². The minimum absolute atomic E-state index is 0.103. The maximum atomic E-state index is 13.5. The van der Waals surface area contributed by atoms with Crippen LogP contribution in [-0.2, 0) is 14.8 Å². The van der Waals surface area contributed by atoms with Crippen LogP contribution in [0.15, 0.2) is 23.1 Å². The minimum Gasteiger partial charge on any atom is -0.378 e. The van der Waals surface area contributed by atoms with Crippen LogP contribution in [0.2, 0.25) is 0 Å². The third kappa shape index (κ3) is 4.92. The molecule has 0 N–H and O–H groups in total. The van der Waals surface area contributed by atoms with Gasteiger partial charge in [-0.1, -0.05) is 25.7 Å². The average Bonchev–Trinajstić information content (AvgIpc) is 3.02. The molecule has 29 heavy (non-hydrogen) atoms. The molecule has 162 valence electrons. The van der Waals surface area contributed by atoms with Crippen molar-refractivity contribution in [3.63, 3.8) is 0 Å². The molecule has 0 bridgehead atoms. The lowest BCUT2D eigenvalue weighted by atomic mass is 10.0. The van der Waals surface area contributed by atoms with Crippen LogP contribution in [0.1, 0.15) is 48.9 Å². The molecule has 8 heteroatoms. The van der Waals surface area contributed by atoms with Crippen molar-refractivity contribution in [2.45, 2.75) is 49.5 Å². The largest absolute Gasteiger partial charge is 0.378 e. The lowest BCUT2D eigenvalue weighted by molar-refractivity contribution is 0.0717. The van der Waals surface area contributed by atoms with Gasteiger partial charge in [-0.2, -0.15) is 0 Å². The van der Waals surface area contributed by atoms with Crippen LogP contribution in [0.3, 0.4) is 0 Å². The van der Waals surface area contributed by atoms with E-state index in [1.807, 2.05) is 11.9 Å². The van der Waals surface area contributed by atoms with E-state index in [0.717, 1.165) is 31.4 Å².